The molecule has 3 rings (SSSR count). The monoisotopic (exact) mass is 379 g/mol. The highest BCUT2D eigenvalue weighted by molar-refractivity contribution is 5.96. The zero-order chi connectivity index (χ0) is 20.3. The molecule has 1 aliphatic heterocycles. The minimum atomic E-state index is -0.313. The van der Waals surface area contributed by atoms with Crippen molar-refractivity contribution >= 4 is 23.2 Å². The molecule has 1 heterocycles. The molecule has 5 heteroatoms. The maximum atomic E-state index is 13.0. The molecule has 2 aromatic rings. The van der Waals surface area contributed by atoms with Crippen molar-refractivity contribution in [3.05, 3.63) is 59.7 Å². The van der Waals surface area contributed by atoms with Crippen LogP contribution in [0.4, 0.5) is 11.4 Å². The summed E-state index contributed by atoms with van der Waals surface area (Å²) in [6.45, 7) is 7.00. The van der Waals surface area contributed by atoms with Gasteiger partial charge in [-0.05, 0) is 36.6 Å². The summed E-state index contributed by atoms with van der Waals surface area (Å²) in [6, 6.07) is 15.7. The molecule has 2 atom stereocenters. The number of likely N-dealkylation sites (N-methyl/N-ethyl adjacent to an activating group) is 1. The van der Waals surface area contributed by atoms with Gasteiger partial charge in [-0.3, -0.25) is 9.59 Å². The SMILES string of the molecule is CCc1ccccc1NC(=O)CN(C)C(=O)C(C)N1CC(C)c2ccccc21. The number of aryl methyl sites for hydroxylation is 1. The number of carbonyl (C=O) groups is 2. The fourth-order valence-electron chi connectivity index (χ4n) is 3.91. The molecule has 0 saturated heterocycles. The largest absolute Gasteiger partial charge is 0.359 e. The van der Waals surface area contributed by atoms with E-state index in [-0.39, 0.29) is 24.4 Å². The Hall–Kier alpha value is -2.82. The van der Waals surface area contributed by atoms with Crippen molar-refractivity contribution in [2.75, 3.05) is 30.4 Å². The fraction of sp³-hybridized carbons (Fsp3) is 0.391. The first-order chi connectivity index (χ1) is 13.4. The smallest absolute Gasteiger partial charge is 0.245 e. The van der Waals surface area contributed by atoms with Crippen molar-refractivity contribution in [1.82, 2.24) is 4.90 Å². The summed E-state index contributed by atoms with van der Waals surface area (Å²) < 4.78 is 0. The molecular weight excluding hydrogens is 350 g/mol. The highest BCUT2D eigenvalue weighted by Crippen LogP contribution is 2.37. The van der Waals surface area contributed by atoms with Crippen LogP contribution in [0.5, 0.6) is 0 Å². The Morgan fingerprint density at radius 3 is 2.61 bits per heavy atom. The van der Waals surface area contributed by atoms with Crippen LogP contribution in [0.25, 0.3) is 0 Å². The predicted octanol–water partition coefficient (Wildman–Crippen LogP) is 3.66. The van der Waals surface area contributed by atoms with Crippen LogP contribution in [0.15, 0.2) is 48.5 Å². The molecule has 0 bridgehead atoms. The number of para-hydroxylation sites is 2. The van der Waals surface area contributed by atoms with E-state index in [4.69, 9.17) is 0 Å². The third-order valence-corrected chi connectivity index (χ3v) is 5.50. The molecule has 148 valence electrons. The van der Waals surface area contributed by atoms with E-state index < -0.39 is 0 Å². The average molecular weight is 380 g/mol. The molecule has 1 aliphatic rings. The minimum Gasteiger partial charge on any atom is -0.359 e. The number of anilines is 2. The summed E-state index contributed by atoms with van der Waals surface area (Å²) in [7, 11) is 1.69. The number of nitrogens with one attached hydrogen (secondary N) is 1. The number of benzene rings is 2. The molecule has 0 aromatic heterocycles. The van der Waals surface area contributed by atoms with Gasteiger partial charge in [-0.2, -0.15) is 0 Å². The van der Waals surface area contributed by atoms with E-state index in [1.54, 1.807) is 7.05 Å². The minimum absolute atomic E-state index is 0.0340. The first-order valence-electron chi connectivity index (χ1n) is 9.90. The lowest BCUT2D eigenvalue weighted by Gasteiger charge is -2.30. The van der Waals surface area contributed by atoms with Crippen LogP contribution in [0.3, 0.4) is 0 Å². The van der Waals surface area contributed by atoms with Gasteiger partial charge in [0.15, 0.2) is 0 Å². The average Bonchev–Trinajstić information content (AvgIpc) is 3.04. The van der Waals surface area contributed by atoms with E-state index in [0.717, 1.165) is 29.9 Å². The van der Waals surface area contributed by atoms with Gasteiger partial charge in [0.1, 0.15) is 6.04 Å². The van der Waals surface area contributed by atoms with E-state index in [1.165, 1.54) is 10.5 Å². The third-order valence-electron chi connectivity index (χ3n) is 5.50. The lowest BCUT2D eigenvalue weighted by molar-refractivity contribution is -0.134. The number of fused-ring (bicyclic) bond motifs is 1. The second-order valence-electron chi connectivity index (χ2n) is 7.54. The molecule has 0 radical (unpaired) electrons. The maximum Gasteiger partial charge on any atom is 0.245 e. The van der Waals surface area contributed by atoms with E-state index >= 15 is 0 Å². The van der Waals surface area contributed by atoms with E-state index in [0.29, 0.717) is 5.92 Å². The molecule has 28 heavy (non-hydrogen) atoms. The summed E-state index contributed by atoms with van der Waals surface area (Å²) in [5.74, 6) is 0.160. The second kappa shape index (κ2) is 8.46. The molecule has 2 aromatic carbocycles. The van der Waals surface area contributed by atoms with Gasteiger partial charge in [0.2, 0.25) is 11.8 Å². The molecule has 1 N–H and O–H groups in total. The summed E-state index contributed by atoms with van der Waals surface area (Å²) in [5, 5.41) is 2.93. The van der Waals surface area contributed by atoms with Gasteiger partial charge in [-0.1, -0.05) is 50.2 Å². The fourth-order valence-corrected chi connectivity index (χ4v) is 3.91. The standard InChI is InChI=1S/C23H29N3O2/c1-5-18-10-6-8-12-20(18)24-22(27)15-25(4)23(28)17(3)26-14-16(2)19-11-7-9-13-21(19)26/h6-13,16-17H,5,14-15H2,1-4H3,(H,24,27). The first kappa shape index (κ1) is 19.9. The lowest BCUT2D eigenvalue weighted by atomic mass is 10.0. The summed E-state index contributed by atoms with van der Waals surface area (Å²) in [4.78, 5) is 29.1. The van der Waals surface area contributed by atoms with Gasteiger partial charge in [-0.25, -0.2) is 0 Å². The quantitative estimate of drug-likeness (QED) is 0.833. The molecule has 2 unspecified atom stereocenters. The van der Waals surface area contributed by atoms with Gasteiger partial charge >= 0.3 is 0 Å². The summed E-state index contributed by atoms with van der Waals surface area (Å²) in [5.41, 5.74) is 4.29. The Balaban J connectivity index is 1.64. The van der Waals surface area contributed by atoms with Gasteiger partial charge in [0.25, 0.3) is 0 Å². The molecular formula is C23H29N3O2. The van der Waals surface area contributed by atoms with Crippen LogP contribution in [-0.2, 0) is 16.0 Å². The van der Waals surface area contributed by atoms with Crippen LogP contribution in [0.1, 0.15) is 37.8 Å². The molecule has 5 nitrogen and oxygen atoms in total. The summed E-state index contributed by atoms with van der Waals surface area (Å²) >= 11 is 0. The number of nitrogens with zero attached hydrogens (tertiary/aromatic N) is 2. The Bertz CT molecular complexity index is 864. The van der Waals surface area contributed by atoms with Crippen molar-refractivity contribution in [3.8, 4) is 0 Å². The molecule has 0 aliphatic carbocycles. The van der Waals surface area contributed by atoms with Gasteiger partial charge in [0, 0.05) is 30.9 Å². The van der Waals surface area contributed by atoms with Gasteiger partial charge < -0.3 is 15.1 Å². The second-order valence-corrected chi connectivity index (χ2v) is 7.54. The topological polar surface area (TPSA) is 52.7 Å². The van der Waals surface area contributed by atoms with Crippen molar-refractivity contribution in [1.29, 1.82) is 0 Å². The number of hydrogen-bond acceptors (Lipinski definition) is 3. The maximum absolute atomic E-state index is 13.0. The number of rotatable bonds is 6. The Kier molecular flexibility index (Phi) is 6.02. The molecule has 0 saturated carbocycles. The third kappa shape index (κ3) is 4.03. The predicted molar refractivity (Wildman–Crippen MR) is 114 cm³/mol. The van der Waals surface area contributed by atoms with E-state index in [2.05, 4.69) is 36.2 Å². The van der Waals surface area contributed by atoms with Gasteiger partial charge in [-0.15, -0.1) is 0 Å². The van der Waals surface area contributed by atoms with Crippen LogP contribution in [0, 0.1) is 0 Å². The van der Waals surface area contributed by atoms with Crippen LogP contribution in [-0.4, -0.2) is 42.9 Å². The zero-order valence-electron chi connectivity index (χ0n) is 17.1. The lowest BCUT2D eigenvalue weighted by Crippen LogP contribution is -2.47. The van der Waals surface area contributed by atoms with Crippen molar-refractivity contribution in [3.63, 3.8) is 0 Å². The highest BCUT2D eigenvalue weighted by Gasteiger charge is 2.33. The van der Waals surface area contributed by atoms with Gasteiger partial charge in [0.05, 0.1) is 6.54 Å². The Morgan fingerprint density at radius 2 is 1.86 bits per heavy atom. The molecule has 0 spiro atoms. The Morgan fingerprint density at radius 1 is 1.18 bits per heavy atom. The normalized spacial score (nSPS) is 16.4. The molecule has 2 amide bonds. The number of carbonyl (C=O) groups excluding carboxylic acids is 2. The van der Waals surface area contributed by atoms with Crippen LogP contribution >= 0.6 is 0 Å². The van der Waals surface area contributed by atoms with Crippen LogP contribution < -0.4 is 10.2 Å². The Labute approximate surface area is 167 Å². The summed E-state index contributed by atoms with van der Waals surface area (Å²) in [6.07, 6.45) is 0.842. The van der Waals surface area contributed by atoms with Crippen LogP contribution in [0.2, 0.25) is 0 Å². The number of hydrogen-bond donors (Lipinski definition) is 1. The number of amides is 2. The van der Waals surface area contributed by atoms with Crippen molar-refractivity contribution in [2.24, 2.45) is 0 Å². The van der Waals surface area contributed by atoms with E-state index in [9.17, 15) is 9.59 Å². The van der Waals surface area contributed by atoms with E-state index in [1.807, 2.05) is 43.3 Å². The highest BCUT2D eigenvalue weighted by atomic mass is 16.2. The zero-order valence-corrected chi connectivity index (χ0v) is 17.1. The van der Waals surface area contributed by atoms with Crippen molar-refractivity contribution < 1.29 is 9.59 Å². The first-order valence-corrected chi connectivity index (χ1v) is 9.90. The van der Waals surface area contributed by atoms with Crippen molar-refractivity contribution in [2.45, 2.75) is 39.2 Å². The molecule has 0 fully saturated rings.